The molecule has 1 amide bonds. The van der Waals surface area contributed by atoms with Crippen molar-refractivity contribution in [2.45, 2.75) is 39.8 Å². The summed E-state index contributed by atoms with van der Waals surface area (Å²) in [4.78, 5) is 12.5. The Hall–Kier alpha value is -3.22. The molecule has 0 saturated carbocycles. The molecule has 0 saturated heterocycles. The normalized spacial score (nSPS) is 10.8. The minimum Gasteiger partial charge on any atom is -0.486 e. The van der Waals surface area contributed by atoms with E-state index in [-0.39, 0.29) is 18.6 Å². The van der Waals surface area contributed by atoms with Crippen molar-refractivity contribution < 1.29 is 9.53 Å². The first-order chi connectivity index (χ1) is 13.1. The average Bonchev–Trinajstić information content (AvgIpc) is 3.16. The van der Waals surface area contributed by atoms with E-state index in [1.807, 2.05) is 38.1 Å². The lowest BCUT2D eigenvalue weighted by atomic mass is 10.1. The summed E-state index contributed by atoms with van der Waals surface area (Å²) in [5.74, 6) is 1.04. The Morgan fingerprint density at radius 3 is 2.67 bits per heavy atom. The lowest BCUT2D eigenvalue weighted by Crippen LogP contribution is -2.13. The van der Waals surface area contributed by atoms with Gasteiger partial charge in [-0.25, -0.2) is 4.68 Å². The van der Waals surface area contributed by atoms with E-state index >= 15 is 0 Å². The first-order valence-corrected chi connectivity index (χ1v) is 8.96. The maximum Gasteiger partial charge on any atom is 0.255 e. The molecule has 0 aliphatic rings. The molecule has 0 radical (unpaired) electrons. The smallest absolute Gasteiger partial charge is 0.255 e. The highest BCUT2D eigenvalue weighted by molar-refractivity contribution is 6.04. The molecule has 0 bridgehead atoms. The van der Waals surface area contributed by atoms with Crippen LogP contribution in [-0.4, -0.2) is 26.1 Å². The van der Waals surface area contributed by atoms with Crippen molar-refractivity contribution in [3.8, 4) is 5.75 Å². The molecule has 1 heterocycles. The summed E-state index contributed by atoms with van der Waals surface area (Å²) in [6.45, 7) is 6.32. The van der Waals surface area contributed by atoms with Gasteiger partial charge in [0, 0.05) is 11.3 Å². The summed E-state index contributed by atoms with van der Waals surface area (Å²) in [6, 6.07) is 15.0. The first-order valence-electron chi connectivity index (χ1n) is 8.96. The summed E-state index contributed by atoms with van der Waals surface area (Å²) in [5.41, 5.74) is 2.52. The molecule has 1 N–H and O–H groups in total. The second-order valence-electron chi connectivity index (χ2n) is 6.45. The van der Waals surface area contributed by atoms with Crippen LogP contribution in [0.2, 0.25) is 0 Å². The Balaban J connectivity index is 1.65. The number of carbonyl (C=O) groups is 1. The fraction of sp³-hybridized carbons (Fsp3) is 0.300. The van der Waals surface area contributed by atoms with Crippen molar-refractivity contribution in [1.82, 2.24) is 20.2 Å². The second kappa shape index (κ2) is 8.44. The number of aryl methyl sites for hydroxylation is 1. The molecular weight excluding hydrogens is 342 g/mol. The van der Waals surface area contributed by atoms with Gasteiger partial charge in [0.25, 0.3) is 5.91 Å². The van der Waals surface area contributed by atoms with Gasteiger partial charge < -0.3 is 10.1 Å². The van der Waals surface area contributed by atoms with E-state index in [0.717, 1.165) is 12.1 Å². The number of aromatic nitrogens is 4. The molecule has 27 heavy (non-hydrogen) atoms. The van der Waals surface area contributed by atoms with Crippen molar-refractivity contribution >= 4 is 11.6 Å². The van der Waals surface area contributed by atoms with E-state index in [9.17, 15) is 4.79 Å². The molecule has 0 spiro atoms. The Morgan fingerprint density at radius 2 is 1.96 bits per heavy atom. The van der Waals surface area contributed by atoms with Gasteiger partial charge in [-0.2, -0.15) is 0 Å². The molecule has 0 aliphatic carbocycles. The van der Waals surface area contributed by atoms with Crippen LogP contribution in [0.4, 0.5) is 5.69 Å². The SMILES string of the molecule is CCc1ccc(NC(=O)c2cccc(OCc3nnnn3C(C)C)c2)cc1. The zero-order chi connectivity index (χ0) is 19.2. The van der Waals surface area contributed by atoms with E-state index in [1.165, 1.54) is 5.56 Å². The van der Waals surface area contributed by atoms with Crippen molar-refractivity contribution in [2.24, 2.45) is 0 Å². The van der Waals surface area contributed by atoms with Gasteiger partial charge in [-0.05, 0) is 66.6 Å². The van der Waals surface area contributed by atoms with Crippen LogP contribution in [0.5, 0.6) is 5.75 Å². The van der Waals surface area contributed by atoms with Crippen LogP contribution in [0.1, 0.15) is 48.6 Å². The van der Waals surface area contributed by atoms with Crippen LogP contribution in [0.15, 0.2) is 48.5 Å². The Morgan fingerprint density at radius 1 is 1.19 bits per heavy atom. The van der Waals surface area contributed by atoms with Crippen LogP contribution in [0.25, 0.3) is 0 Å². The van der Waals surface area contributed by atoms with Crippen LogP contribution in [0, 0.1) is 0 Å². The van der Waals surface area contributed by atoms with Gasteiger partial charge in [0.05, 0.1) is 6.04 Å². The first kappa shape index (κ1) is 18.6. The number of ether oxygens (including phenoxy) is 1. The average molecular weight is 365 g/mol. The largest absolute Gasteiger partial charge is 0.486 e. The Bertz CT molecular complexity index is 903. The molecule has 7 nitrogen and oxygen atoms in total. The third-order valence-electron chi connectivity index (χ3n) is 4.13. The lowest BCUT2D eigenvalue weighted by molar-refractivity contribution is 0.102. The van der Waals surface area contributed by atoms with Crippen molar-refractivity contribution in [2.75, 3.05) is 5.32 Å². The zero-order valence-electron chi connectivity index (χ0n) is 15.7. The van der Waals surface area contributed by atoms with E-state index in [1.54, 1.807) is 28.9 Å². The zero-order valence-corrected chi connectivity index (χ0v) is 15.7. The van der Waals surface area contributed by atoms with Gasteiger partial charge in [0.2, 0.25) is 0 Å². The predicted molar refractivity (Wildman–Crippen MR) is 103 cm³/mol. The molecule has 7 heteroatoms. The monoisotopic (exact) mass is 365 g/mol. The van der Waals surface area contributed by atoms with Gasteiger partial charge in [-0.15, -0.1) is 5.10 Å². The van der Waals surface area contributed by atoms with Crippen LogP contribution in [0.3, 0.4) is 0 Å². The van der Waals surface area contributed by atoms with Crippen LogP contribution >= 0.6 is 0 Å². The van der Waals surface area contributed by atoms with Crippen LogP contribution in [-0.2, 0) is 13.0 Å². The van der Waals surface area contributed by atoms with E-state index in [4.69, 9.17) is 4.74 Å². The van der Waals surface area contributed by atoms with Crippen molar-refractivity contribution in [3.05, 3.63) is 65.5 Å². The van der Waals surface area contributed by atoms with Gasteiger partial charge in [-0.1, -0.05) is 25.1 Å². The number of anilines is 1. The molecule has 0 unspecified atom stereocenters. The number of tetrazole rings is 1. The number of carbonyl (C=O) groups excluding carboxylic acids is 1. The lowest BCUT2D eigenvalue weighted by Gasteiger charge is -2.10. The van der Waals surface area contributed by atoms with Gasteiger partial charge in [0.15, 0.2) is 5.82 Å². The van der Waals surface area contributed by atoms with Crippen molar-refractivity contribution in [1.29, 1.82) is 0 Å². The summed E-state index contributed by atoms with van der Waals surface area (Å²) in [6.07, 6.45) is 0.966. The Kier molecular flexibility index (Phi) is 5.80. The number of nitrogens with one attached hydrogen (secondary N) is 1. The van der Waals surface area contributed by atoms with Gasteiger partial charge in [0.1, 0.15) is 12.4 Å². The highest BCUT2D eigenvalue weighted by Gasteiger charge is 2.11. The van der Waals surface area contributed by atoms with E-state index in [0.29, 0.717) is 17.1 Å². The molecule has 3 aromatic rings. The predicted octanol–water partition coefficient (Wildman–Crippen LogP) is 3.65. The van der Waals surface area contributed by atoms with Crippen molar-refractivity contribution in [3.63, 3.8) is 0 Å². The summed E-state index contributed by atoms with van der Waals surface area (Å²) >= 11 is 0. The van der Waals surface area contributed by atoms with Gasteiger partial charge in [-0.3, -0.25) is 4.79 Å². The van der Waals surface area contributed by atoms with E-state index in [2.05, 4.69) is 27.8 Å². The number of hydrogen-bond acceptors (Lipinski definition) is 5. The second-order valence-corrected chi connectivity index (χ2v) is 6.45. The minimum absolute atomic E-state index is 0.148. The molecule has 0 fully saturated rings. The number of rotatable bonds is 7. The standard InChI is InChI=1S/C20H23N5O2/c1-4-15-8-10-17(11-9-15)21-20(26)16-6-5-7-18(12-16)27-13-19-22-23-24-25(19)14(2)3/h5-12,14H,4,13H2,1-3H3,(H,21,26). The summed E-state index contributed by atoms with van der Waals surface area (Å²) in [7, 11) is 0. The summed E-state index contributed by atoms with van der Waals surface area (Å²) in [5, 5.41) is 14.5. The number of nitrogens with zero attached hydrogens (tertiary/aromatic N) is 4. The fourth-order valence-corrected chi connectivity index (χ4v) is 2.61. The topological polar surface area (TPSA) is 81.9 Å². The maximum atomic E-state index is 12.5. The highest BCUT2D eigenvalue weighted by atomic mass is 16.5. The number of benzene rings is 2. The quantitative estimate of drug-likeness (QED) is 0.691. The van der Waals surface area contributed by atoms with Gasteiger partial charge >= 0.3 is 0 Å². The molecule has 140 valence electrons. The molecule has 0 aliphatic heterocycles. The molecule has 0 atom stereocenters. The molecule has 1 aromatic heterocycles. The maximum absolute atomic E-state index is 12.5. The molecule has 2 aromatic carbocycles. The molecular formula is C20H23N5O2. The minimum atomic E-state index is -0.184. The number of amides is 1. The Labute approximate surface area is 158 Å². The fourth-order valence-electron chi connectivity index (χ4n) is 2.61. The third-order valence-corrected chi connectivity index (χ3v) is 4.13. The number of hydrogen-bond donors (Lipinski definition) is 1. The summed E-state index contributed by atoms with van der Waals surface area (Å²) < 4.78 is 7.47. The third kappa shape index (κ3) is 4.69. The van der Waals surface area contributed by atoms with Crippen LogP contribution < -0.4 is 10.1 Å². The van der Waals surface area contributed by atoms with E-state index < -0.39 is 0 Å². The molecule has 3 rings (SSSR count). The highest BCUT2D eigenvalue weighted by Crippen LogP contribution is 2.17.